The fraction of sp³-hybridized carbons (Fsp3) is 0.235. The van der Waals surface area contributed by atoms with E-state index in [1.165, 1.54) is 0 Å². The molecule has 0 radical (unpaired) electrons. The quantitative estimate of drug-likeness (QED) is 0.566. The van der Waals surface area contributed by atoms with E-state index in [1.807, 2.05) is 13.0 Å². The van der Waals surface area contributed by atoms with Gasteiger partial charge in [-0.3, -0.25) is 4.79 Å². The summed E-state index contributed by atoms with van der Waals surface area (Å²) in [6.45, 7) is 2.66. The Hall–Kier alpha value is -2.49. The second-order valence-corrected chi connectivity index (χ2v) is 4.66. The van der Waals surface area contributed by atoms with Crippen molar-refractivity contribution in [2.45, 2.75) is 19.4 Å². The first-order chi connectivity index (χ1) is 10.3. The predicted octanol–water partition coefficient (Wildman–Crippen LogP) is 4.17. The molecule has 21 heavy (non-hydrogen) atoms. The summed E-state index contributed by atoms with van der Waals surface area (Å²) in [7, 11) is 0. The molecule has 0 spiro atoms. The van der Waals surface area contributed by atoms with Gasteiger partial charge in [0.25, 0.3) is 0 Å². The minimum Gasteiger partial charge on any atom is -0.494 e. The summed E-state index contributed by atoms with van der Waals surface area (Å²) in [5.74, 6) is 0.422. The monoisotopic (exact) mass is 283 g/mol. The standard InChI is InChI=1S/C17H17NO3/c1-2-12-21-15-10-8-13(9-11-15)16(18-20)17(19)14-6-4-3-5-7-14/h3-11,16H,2,12H2,1H3. The van der Waals surface area contributed by atoms with Crippen molar-refractivity contribution in [2.75, 3.05) is 6.61 Å². The number of hydrogen-bond acceptors (Lipinski definition) is 4. The first kappa shape index (κ1) is 14.9. The zero-order valence-electron chi connectivity index (χ0n) is 11.9. The van der Waals surface area contributed by atoms with Crippen LogP contribution in [0.25, 0.3) is 0 Å². The Bertz CT molecular complexity index is 593. The second-order valence-electron chi connectivity index (χ2n) is 4.66. The Labute approximate surface area is 123 Å². The summed E-state index contributed by atoms with van der Waals surface area (Å²) >= 11 is 0. The lowest BCUT2D eigenvalue weighted by molar-refractivity contribution is 0.0962. The Balaban J connectivity index is 2.17. The van der Waals surface area contributed by atoms with Gasteiger partial charge in [-0.15, -0.1) is 4.91 Å². The molecule has 1 atom stereocenters. The molecule has 0 fully saturated rings. The summed E-state index contributed by atoms with van der Waals surface area (Å²) in [5.41, 5.74) is 1.05. The van der Waals surface area contributed by atoms with Crippen molar-refractivity contribution in [3.63, 3.8) is 0 Å². The van der Waals surface area contributed by atoms with Gasteiger partial charge in [0, 0.05) is 5.56 Å². The number of nitroso groups, excluding NO2 is 1. The van der Waals surface area contributed by atoms with Crippen LogP contribution >= 0.6 is 0 Å². The van der Waals surface area contributed by atoms with E-state index < -0.39 is 6.04 Å². The zero-order valence-corrected chi connectivity index (χ0v) is 11.9. The molecule has 0 saturated carbocycles. The highest BCUT2D eigenvalue weighted by atomic mass is 16.5. The van der Waals surface area contributed by atoms with E-state index in [0.717, 1.165) is 12.2 Å². The van der Waals surface area contributed by atoms with Crippen LogP contribution in [0.5, 0.6) is 5.75 Å². The molecule has 0 heterocycles. The van der Waals surface area contributed by atoms with Crippen LogP contribution in [0.1, 0.15) is 35.3 Å². The lowest BCUT2D eigenvalue weighted by atomic mass is 9.98. The first-order valence-corrected chi connectivity index (χ1v) is 6.90. The van der Waals surface area contributed by atoms with Crippen LogP contribution in [0, 0.1) is 4.91 Å². The number of rotatable bonds is 7. The molecular weight excluding hydrogens is 266 g/mol. The number of nitrogens with zero attached hydrogens (tertiary/aromatic N) is 1. The third kappa shape index (κ3) is 3.75. The van der Waals surface area contributed by atoms with Crippen molar-refractivity contribution in [1.29, 1.82) is 0 Å². The summed E-state index contributed by atoms with van der Waals surface area (Å²) in [5, 5.41) is 2.99. The van der Waals surface area contributed by atoms with Gasteiger partial charge >= 0.3 is 0 Å². The summed E-state index contributed by atoms with van der Waals surface area (Å²) in [6, 6.07) is 14.6. The number of benzene rings is 2. The third-order valence-electron chi connectivity index (χ3n) is 3.08. The summed E-state index contributed by atoms with van der Waals surface area (Å²) in [4.78, 5) is 23.4. The van der Waals surface area contributed by atoms with E-state index in [4.69, 9.17) is 4.74 Å². The number of ether oxygens (including phenoxy) is 1. The number of ketones is 1. The van der Waals surface area contributed by atoms with Gasteiger partial charge < -0.3 is 4.74 Å². The van der Waals surface area contributed by atoms with Gasteiger partial charge in [0.1, 0.15) is 5.75 Å². The molecule has 0 aliphatic carbocycles. The molecule has 0 aliphatic heterocycles. The van der Waals surface area contributed by atoms with E-state index in [-0.39, 0.29) is 5.78 Å². The molecule has 2 rings (SSSR count). The molecule has 0 aliphatic rings. The second kappa shape index (κ2) is 7.33. The van der Waals surface area contributed by atoms with Crippen molar-refractivity contribution in [3.8, 4) is 5.75 Å². The van der Waals surface area contributed by atoms with Crippen LogP contribution in [0.3, 0.4) is 0 Å². The maximum atomic E-state index is 12.3. The molecule has 2 aromatic rings. The molecule has 2 aromatic carbocycles. The van der Waals surface area contributed by atoms with Crippen molar-refractivity contribution in [3.05, 3.63) is 70.6 Å². The lowest BCUT2D eigenvalue weighted by Crippen LogP contribution is -2.10. The molecule has 0 bridgehead atoms. The molecule has 0 amide bonds. The van der Waals surface area contributed by atoms with E-state index in [2.05, 4.69) is 5.18 Å². The number of hydrogen-bond donors (Lipinski definition) is 0. The molecule has 0 saturated heterocycles. The summed E-state index contributed by atoms with van der Waals surface area (Å²) in [6.07, 6.45) is 0.923. The van der Waals surface area contributed by atoms with Gasteiger partial charge in [0.2, 0.25) is 0 Å². The van der Waals surface area contributed by atoms with E-state index in [0.29, 0.717) is 17.7 Å². The Morgan fingerprint density at radius 1 is 1.10 bits per heavy atom. The highest BCUT2D eigenvalue weighted by molar-refractivity contribution is 6.00. The van der Waals surface area contributed by atoms with Gasteiger partial charge in [0.15, 0.2) is 11.8 Å². The van der Waals surface area contributed by atoms with Crippen LogP contribution < -0.4 is 4.74 Å². The average Bonchev–Trinajstić information content (AvgIpc) is 2.55. The SMILES string of the molecule is CCCOc1ccc(C(N=O)C(=O)c2ccccc2)cc1. The third-order valence-corrected chi connectivity index (χ3v) is 3.08. The topological polar surface area (TPSA) is 55.7 Å². The van der Waals surface area contributed by atoms with Crippen LogP contribution in [0.4, 0.5) is 0 Å². The number of carbonyl (C=O) groups excluding carboxylic acids is 1. The van der Waals surface area contributed by atoms with Crippen LogP contribution in [0.2, 0.25) is 0 Å². The average molecular weight is 283 g/mol. The zero-order chi connectivity index (χ0) is 15.1. The van der Waals surface area contributed by atoms with Gasteiger partial charge in [-0.25, -0.2) is 0 Å². The molecule has 1 unspecified atom stereocenters. The predicted molar refractivity (Wildman–Crippen MR) is 81.5 cm³/mol. The normalized spacial score (nSPS) is 11.7. The molecule has 0 aromatic heterocycles. The maximum Gasteiger partial charge on any atom is 0.195 e. The smallest absolute Gasteiger partial charge is 0.195 e. The van der Waals surface area contributed by atoms with Crippen molar-refractivity contribution in [1.82, 2.24) is 0 Å². The van der Waals surface area contributed by atoms with Crippen LogP contribution in [-0.4, -0.2) is 12.4 Å². The number of carbonyl (C=O) groups is 1. The van der Waals surface area contributed by atoms with E-state index in [1.54, 1.807) is 48.5 Å². The van der Waals surface area contributed by atoms with Gasteiger partial charge in [-0.2, -0.15) is 0 Å². The molecule has 4 heteroatoms. The van der Waals surface area contributed by atoms with Gasteiger partial charge in [0.05, 0.1) is 6.61 Å². The lowest BCUT2D eigenvalue weighted by Gasteiger charge is -2.10. The fourth-order valence-corrected chi connectivity index (χ4v) is 1.99. The van der Waals surface area contributed by atoms with Crippen LogP contribution in [0.15, 0.2) is 59.8 Å². The van der Waals surface area contributed by atoms with Gasteiger partial charge in [-0.05, 0) is 24.1 Å². The van der Waals surface area contributed by atoms with E-state index in [9.17, 15) is 9.70 Å². The summed E-state index contributed by atoms with van der Waals surface area (Å²) < 4.78 is 5.47. The highest BCUT2D eigenvalue weighted by Gasteiger charge is 2.22. The van der Waals surface area contributed by atoms with E-state index >= 15 is 0 Å². The van der Waals surface area contributed by atoms with Gasteiger partial charge in [-0.1, -0.05) is 54.6 Å². The molecular formula is C17H17NO3. The Morgan fingerprint density at radius 2 is 1.76 bits per heavy atom. The van der Waals surface area contributed by atoms with Crippen LogP contribution in [-0.2, 0) is 0 Å². The number of Topliss-reactive ketones (excluding diaryl/α,β-unsaturated/α-hetero) is 1. The molecule has 4 nitrogen and oxygen atoms in total. The van der Waals surface area contributed by atoms with Crippen molar-refractivity contribution < 1.29 is 9.53 Å². The minimum atomic E-state index is -1.02. The molecule has 108 valence electrons. The van der Waals surface area contributed by atoms with Crippen molar-refractivity contribution in [2.24, 2.45) is 5.18 Å². The Morgan fingerprint density at radius 3 is 2.33 bits per heavy atom. The fourth-order valence-electron chi connectivity index (χ4n) is 1.99. The first-order valence-electron chi connectivity index (χ1n) is 6.90. The molecule has 0 N–H and O–H groups in total. The largest absolute Gasteiger partial charge is 0.494 e. The maximum absolute atomic E-state index is 12.3. The highest BCUT2D eigenvalue weighted by Crippen LogP contribution is 2.24. The van der Waals surface area contributed by atoms with Crippen molar-refractivity contribution >= 4 is 5.78 Å². The minimum absolute atomic E-state index is 0.298. The Kier molecular flexibility index (Phi) is 5.21.